The minimum Gasteiger partial charge on any atom is -0.0985 e. The van der Waals surface area contributed by atoms with Gasteiger partial charge >= 0.3 is 0 Å². The SMILES string of the molecule is C=CC[SH+]CC=C. The summed E-state index contributed by atoms with van der Waals surface area (Å²) in [5.74, 6) is 2.18. The second-order valence-electron chi connectivity index (χ2n) is 1.17. The maximum atomic E-state index is 3.59. The first-order valence-corrected chi connectivity index (χ1v) is 3.53. The van der Waals surface area contributed by atoms with Gasteiger partial charge < -0.3 is 0 Å². The maximum absolute atomic E-state index is 3.59. The van der Waals surface area contributed by atoms with Crippen molar-refractivity contribution in [1.29, 1.82) is 0 Å². The fraction of sp³-hybridized carbons (Fsp3) is 0.333. The van der Waals surface area contributed by atoms with Gasteiger partial charge in [-0.15, -0.1) is 0 Å². The lowest BCUT2D eigenvalue weighted by molar-refractivity contribution is 1.73. The molecule has 0 unspecified atom stereocenters. The average Bonchev–Trinajstić information content (AvgIpc) is 1.69. The summed E-state index contributed by atoms with van der Waals surface area (Å²) in [4.78, 5) is 0. The maximum Gasteiger partial charge on any atom is 0.124 e. The third kappa shape index (κ3) is 5.83. The summed E-state index contributed by atoms with van der Waals surface area (Å²) in [5.41, 5.74) is 0. The van der Waals surface area contributed by atoms with Gasteiger partial charge in [-0.1, -0.05) is 13.2 Å². The Morgan fingerprint density at radius 1 is 1.14 bits per heavy atom. The Bertz CT molecular complexity index is 49.2. The summed E-state index contributed by atoms with van der Waals surface area (Å²) in [5, 5.41) is 0. The molecule has 0 spiro atoms. The van der Waals surface area contributed by atoms with Gasteiger partial charge in [0.15, 0.2) is 0 Å². The molecule has 0 fully saturated rings. The van der Waals surface area contributed by atoms with E-state index >= 15 is 0 Å². The van der Waals surface area contributed by atoms with Gasteiger partial charge in [-0.05, 0) is 23.9 Å². The van der Waals surface area contributed by atoms with E-state index in [1.165, 1.54) is 11.8 Å². The molecule has 0 aromatic carbocycles. The van der Waals surface area contributed by atoms with Crippen molar-refractivity contribution < 1.29 is 0 Å². The Balaban J connectivity index is 2.68. The van der Waals surface area contributed by atoms with Gasteiger partial charge in [-0.3, -0.25) is 0 Å². The van der Waals surface area contributed by atoms with Crippen LogP contribution in [0.4, 0.5) is 0 Å². The minimum absolute atomic E-state index is 1.09. The molecule has 0 radical (unpaired) electrons. The van der Waals surface area contributed by atoms with Crippen LogP contribution in [0.1, 0.15) is 0 Å². The molecule has 0 atom stereocenters. The highest BCUT2D eigenvalue weighted by Gasteiger charge is 1.83. The van der Waals surface area contributed by atoms with E-state index in [0.717, 1.165) is 11.5 Å². The second kappa shape index (κ2) is 5.83. The molecule has 0 bridgehead atoms. The van der Waals surface area contributed by atoms with Crippen LogP contribution in [0.3, 0.4) is 0 Å². The van der Waals surface area contributed by atoms with Crippen molar-refractivity contribution in [2.24, 2.45) is 0 Å². The van der Waals surface area contributed by atoms with E-state index in [1.54, 1.807) is 0 Å². The molecule has 0 amide bonds. The van der Waals surface area contributed by atoms with Crippen molar-refractivity contribution in [3.63, 3.8) is 0 Å². The van der Waals surface area contributed by atoms with Crippen molar-refractivity contribution >= 4 is 11.8 Å². The smallest absolute Gasteiger partial charge is 0.0985 e. The highest BCUT2D eigenvalue weighted by Crippen LogP contribution is 1.74. The van der Waals surface area contributed by atoms with Crippen LogP contribution in [0.15, 0.2) is 25.3 Å². The van der Waals surface area contributed by atoms with Gasteiger partial charge in [0.1, 0.15) is 11.5 Å². The summed E-state index contributed by atoms with van der Waals surface area (Å²) in [7, 11) is 0. The lowest BCUT2D eigenvalue weighted by Gasteiger charge is -1.75. The van der Waals surface area contributed by atoms with Gasteiger partial charge in [-0.2, -0.15) is 0 Å². The van der Waals surface area contributed by atoms with E-state index in [9.17, 15) is 0 Å². The van der Waals surface area contributed by atoms with Crippen LogP contribution in [0.25, 0.3) is 0 Å². The van der Waals surface area contributed by atoms with Crippen LogP contribution >= 0.6 is 0 Å². The van der Waals surface area contributed by atoms with Crippen molar-refractivity contribution in [2.45, 2.75) is 0 Å². The lowest BCUT2D eigenvalue weighted by atomic mass is 10.8. The Morgan fingerprint density at radius 3 is 1.86 bits per heavy atom. The second-order valence-corrected chi connectivity index (χ2v) is 2.34. The normalized spacial score (nSPS) is 8.00. The summed E-state index contributed by atoms with van der Waals surface area (Å²) >= 11 is 1.41. The van der Waals surface area contributed by atoms with E-state index in [0.29, 0.717) is 0 Å². The topological polar surface area (TPSA) is 0 Å². The molecule has 1 heteroatoms. The van der Waals surface area contributed by atoms with Gasteiger partial charge in [0.25, 0.3) is 0 Å². The van der Waals surface area contributed by atoms with E-state index in [2.05, 4.69) is 13.2 Å². The molecule has 0 nitrogen and oxygen atoms in total. The van der Waals surface area contributed by atoms with Crippen molar-refractivity contribution in [3.8, 4) is 0 Å². The number of hydrogen-bond donors (Lipinski definition) is 0. The molecule has 7 heavy (non-hydrogen) atoms. The number of hydrogen-bond acceptors (Lipinski definition) is 0. The quantitative estimate of drug-likeness (QED) is 0.223. The zero-order chi connectivity index (χ0) is 5.54. The molecule has 40 valence electrons. The third-order valence-corrected chi connectivity index (χ3v) is 1.55. The van der Waals surface area contributed by atoms with E-state index in [1.807, 2.05) is 12.2 Å². The highest BCUT2D eigenvalue weighted by atomic mass is 32.2. The van der Waals surface area contributed by atoms with Crippen molar-refractivity contribution in [3.05, 3.63) is 25.3 Å². The Kier molecular flexibility index (Phi) is 5.69. The highest BCUT2D eigenvalue weighted by molar-refractivity contribution is 7.78. The standard InChI is InChI=1S/C6H10S/c1-3-5-7-6-4-2/h3-4H,1-2,5-6H2/p+1. The van der Waals surface area contributed by atoms with E-state index in [-0.39, 0.29) is 0 Å². The molecule has 0 aliphatic heterocycles. The molecule has 0 aromatic rings. The van der Waals surface area contributed by atoms with Crippen LogP contribution < -0.4 is 0 Å². The van der Waals surface area contributed by atoms with Crippen LogP contribution in [0.2, 0.25) is 0 Å². The van der Waals surface area contributed by atoms with E-state index < -0.39 is 0 Å². The predicted octanol–water partition coefficient (Wildman–Crippen LogP) is 1.17. The summed E-state index contributed by atoms with van der Waals surface area (Å²) in [6.45, 7) is 7.18. The Hall–Kier alpha value is -0.170. The Morgan fingerprint density at radius 2 is 1.57 bits per heavy atom. The summed E-state index contributed by atoms with van der Waals surface area (Å²) in [6.07, 6.45) is 3.84. The van der Waals surface area contributed by atoms with Crippen LogP contribution in [0.5, 0.6) is 0 Å². The van der Waals surface area contributed by atoms with E-state index in [4.69, 9.17) is 0 Å². The molecule has 0 heterocycles. The number of rotatable bonds is 4. The number of thiol groups is 1. The lowest BCUT2D eigenvalue weighted by Crippen LogP contribution is -1.85. The average molecular weight is 115 g/mol. The summed E-state index contributed by atoms with van der Waals surface area (Å²) < 4.78 is 0. The van der Waals surface area contributed by atoms with Crippen LogP contribution in [-0.2, 0) is 11.8 Å². The molecule has 0 aliphatic rings. The summed E-state index contributed by atoms with van der Waals surface area (Å²) in [6, 6.07) is 0. The first-order chi connectivity index (χ1) is 3.41. The predicted molar refractivity (Wildman–Crippen MR) is 38.9 cm³/mol. The molecular weight excluding hydrogens is 104 g/mol. The molecule has 0 N–H and O–H groups in total. The fourth-order valence-corrected chi connectivity index (χ4v) is 0.771. The van der Waals surface area contributed by atoms with Gasteiger partial charge in [0.05, 0.1) is 0 Å². The first-order valence-electron chi connectivity index (χ1n) is 2.27. The zero-order valence-electron chi connectivity index (χ0n) is 4.43. The fourth-order valence-electron chi connectivity index (χ4n) is 0.257. The zero-order valence-corrected chi connectivity index (χ0v) is 5.32. The largest absolute Gasteiger partial charge is 0.124 e. The molecule has 0 aliphatic carbocycles. The van der Waals surface area contributed by atoms with Crippen molar-refractivity contribution in [2.75, 3.05) is 11.5 Å². The molecule has 0 aromatic heterocycles. The van der Waals surface area contributed by atoms with Crippen LogP contribution in [0, 0.1) is 0 Å². The Labute approximate surface area is 49.3 Å². The minimum atomic E-state index is 1.09. The molecule has 0 saturated heterocycles. The molecule has 0 rings (SSSR count). The third-order valence-electron chi connectivity index (χ3n) is 0.516. The monoisotopic (exact) mass is 115 g/mol. The first kappa shape index (κ1) is 6.83. The van der Waals surface area contributed by atoms with Gasteiger partial charge in [0, 0.05) is 0 Å². The van der Waals surface area contributed by atoms with Gasteiger partial charge in [0.2, 0.25) is 0 Å². The van der Waals surface area contributed by atoms with Crippen molar-refractivity contribution in [1.82, 2.24) is 0 Å². The van der Waals surface area contributed by atoms with Gasteiger partial charge in [-0.25, -0.2) is 0 Å². The molecular formula is C6H11S+. The van der Waals surface area contributed by atoms with Crippen LogP contribution in [-0.4, -0.2) is 11.5 Å². The molecule has 0 saturated carbocycles.